The average molecular weight is 412 g/mol. The molecule has 1 aromatic rings. The van der Waals surface area contributed by atoms with Gasteiger partial charge >= 0.3 is 23.8 Å². The van der Waals surface area contributed by atoms with Crippen LogP contribution in [0.4, 0.5) is 13.2 Å². The maximum absolute atomic E-state index is 13.1. The first-order valence-electron chi connectivity index (χ1n) is 8.97. The summed E-state index contributed by atoms with van der Waals surface area (Å²) in [4.78, 5) is 24.5. The zero-order chi connectivity index (χ0) is 21.9. The normalized spacial score (nSPS) is 16.1. The molecule has 1 atom stereocenters. The van der Waals surface area contributed by atoms with Gasteiger partial charge in [-0.15, -0.1) is 10.2 Å². The number of benzene rings is 1. The number of rotatable bonds is 8. The molecule has 0 fully saturated rings. The lowest BCUT2D eigenvalue weighted by Crippen LogP contribution is -2.30. The molecule has 1 aliphatic heterocycles. The van der Waals surface area contributed by atoms with E-state index in [1.807, 2.05) is 0 Å². The van der Waals surface area contributed by atoms with Gasteiger partial charge in [0.05, 0.1) is 12.3 Å². The van der Waals surface area contributed by atoms with Crippen molar-refractivity contribution >= 4 is 11.9 Å². The number of halogens is 3. The second kappa shape index (κ2) is 8.34. The summed E-state index contributed by atoms with van der Waals surface area (Å²) in [5, 5.41) is 6.31. The van der Waals surface area contributed by atoms with Gasteiger partial charge in [0.1, 0.15) is 12.2 Å². The van der Waals surface area contributed by atoms with Crippen LogP contribution in [0.2, 0.25) is 0 Å². The maximum Gasteiger partial charge on any atom is 0.442 e. The van der Waals surface area contributed by atoms with Gasteiger partial charge in [-0.2, -0.15) is 13.2 Å². The first kappa shape index (κ1) is 22.6. The minimum absolute atomic E-state index is 0.0142. The zero-order valence-electron chi connectivity index (χ0n) is 16.5. The Kier molecular flexibility index (Phi) is 6.50. The van der Waals surface area contributed by atoms with Crippen LogP contribution in [0.1, 0.15) is 38.3 Å². The fourth-order valence-corrected chi connectivity index (χ4v) is 2.68. The van der Waals surface area contributed by atoms with Crippen LogP contribution in [-0.2, 0) is 31.1 Å². The van der Waals surface area contributed by atoms with E-state index in [1.54, 1.807) is 20.8 Å². The Bertz CT molecular complexity index is 789. The highest BCUT2D eigenvalue weighted by molar-refractivity contribution is 5.80. The predicted molar refractivity (Wildman–Crippen MR) is 97.8 cm³/mol. The summed E-state index contributed by atoms with van der Waals surface area (Å²) < 4.78 is 49.6. The van der Waals surface area contributed by atoms with Crippen molar-refractivity contribution in [1.29, 1.82) is 0 Å². The smallest absolute Gasteiger partial charge is 0.442 e. The maximum atomic E-state index is 13.1. The van der Waals surface area contributed by atoms with Crippen molar-refractivity contribution in [3.05, 3.63) is 48.0 Å². The van der Waals surface area contributed by atoms with E-state index in [0.29, 0.717) is 5.56 Å². The van der Waals surface area contributed by atoms with Crippen LogP contribution in [0.25, 0.3) is 0 Å². The highest BCUT2D eigenvalue weighted by atomic mass is 19.4. The topological polar surface area (TPSA) is 77.3 Å². The molecule has 6 nitrogen and oxygen atoms in total. The number of hydrogen-bond donors (Lipinski definition) is 0. The van der Waals surface area contributed by atoms with E-state index >= 15 is 0 Å². The third kappa shape index (κ3) is 5.88. The van der Waals surface area contributed by atoms with Crippen LogP contribution in [0.15, 0.2) is 47.1 Å². The van der Waals surface area contributed by atoms with E-state index in [9.17, 15) is 22.8 Å². The van der Waals surface area contributed by atoms with Crippen molar-refractivity contribution in [2.75, 3.05) is 6.61 Å². The molecule has 0 bridgehead atoms. The van der Waals surface area contributed by atoms with Crippen LogP contribution in [-0.4, -0.2) is 30.3 Å². The molecule has 9 heteroatoms. The molecule has 29 heavy (non-hydrogen) atoms. The van der Waals surface area contributed by atoms with E-state index in [4.69, 9.17) is 9.47 Å². The summed E-state index contributed by atoms with van der Waals surface area (Å²) >= 11 is 0. The van der Waals surface area contributed by atoms with Gasteiger partial charge in [-0.05, 0) is 32.8 Å². The van der Waals surface area contributed by atoms with Gasteiger partial charge in [-0.3, -0.25) is 9.59 Å². The summed E-state index contributed by atoms with van der Waals surface area (Å²) in [5.41, 5.74) is -2.75. The molecule has 0 radical (unpaired) electrons. The predicted octanol–water partition coefficient (Wildman–Crippen LogP) is 4.49. The van der Waals surface area contributed by atoms with Crippen molar-refractivity contribution in [1.82, 2.24) is 0 Å². The lowest BCUT2D eigenvalue weighted by atomic mass is 9.94. The zero-order valence-corrected chi connectivity index (χ0v) is 16.5. The standard InChI is InChI=1S/C20H23F3N2O4/c1-5-10-28-17(27)14(12-16(26)29-18(2,3)4)11-13-6-8-15(9-7-13)19(24-25-19)20(21,22)23/h5-9,14H,1,10-12H2,2-4H3/t14-/m1/s1. The van der Waals surface area contributed by atoms with Crippen molar-refractivity contribution in [2.24, 2.45) is 16.1 Å². The molecule has 1 heterocycles. The van der Waals surface area contributed by atoms with Crippen molar-refractivity contribution in [3.8, 4) is 0 Å². The van der Waals surface area contributed by atoms with Gasteiger partial charge in [0.2, 0.25) is 0 Å². The Morgan fingerprint density at radius 2 is 1.76 bits per heavy atom. The van der Waals surface area contributed by atoms with Crippen LogP contribution in [0.5, 0.6) is 0 Å². The van der Waals surface area contributed by atoms with Gasteiger partial charge in [0.25, 0.3) is 0 Å². The molecule has 1 aliphatic rings. The second-order valence-electron chi connectivity index (χ2n) is 7.68. The SMILES string of the molecule is C=CCOC(=O)[C@@H](CC(=O)OC(C)(C)C)Cc1ccc(C2(C(F)(F)F)N=N2)cc1. The highest BCUT2D eigenvalue weighted by Crippen LogP contribution is 2.52. The quantitative estimate of drug-likeness (QED) is 0.466. The van der Waals surface area contributed by atoms with Crippen molar-refractivity contribution in [3.63, 3.8) is 0 Å². The summed E-state index contributed by atoms with van der Waals surface area (Å²) in [6.45, 7) is 8.57. The molecule has 0 saturated heterocycles. The molecule has 0 amide bonds. The van der Waals surface area contributed by atoms with Gasteiger partial charge in [0.15, 0.2) is 0 Å². The van der Waals surface area contributed by atoms with Crippen LogP contribution >= 0.6 is 0 Å². The van der Waals surface area contributed by atoms with Gasteiger partial charge in [-0.1, -0.05) is 36.9 Å². The first-order valence-corrected chi connectivity index (χ1v) is 8.97. The monoisotopic (exact) mass is 412 g/mol. The Hall–Kier alpha value is -2.71. The van der Waals surface area contributed by atoms with Crippen LogP contribution < -0.4 is 0 Å². The van der Waals surface area contributed by atoms with Crippen LogP contribution in [0, 0.1) is 5.92 Å². The number of carbonyl (C=O) groups is 2. The number of carbonyl (C=O) groups excluding carboxylic acids is 2. The summed E-state index contributed by atoms with van der Waals surface area (Å²) in [5.74, 6) is -2.03. The molecule has 0 aromatic heterocycles. The van der Waals surface area contributed by atoms with Gasteiger partial charge in [-0.25, -0.2) is 0 Å². The number of alkyl halides is 3. The molecule has 158 valence electrons. The Morgan fingerprint density at radius 1 is 1.17 bits per heavy atom. The fraction of sp³-hybridized carbons (Fsp3) is 0.500. The van der Waals surface area contributed by atoms with Crippen molar-refractivity contribution < 1.29 is 32.2 Å². The molecule has 0 unspecified atom stereocenters. The molecule has 1 aromatic carbocycles. The molecular formula is C20H23F3N2O4. The third-order valence-corrected chi connectivity index (χ3v) is 4.04. The van der Waals surface area contributed by atoms with E-state index in [2.05, 4.69) is 16.8 Å². The third-order valence-electron chi connectivity index (χ3n) is 4.04. The minimum atomic E-state index is -4.61. The molecule has 0 N–H and O–H groups in total. The van der Waals surface area contributed by atoms with E-state index < -0.39 is 35.3 Å². The minimum Gasteiger partial charge on any atom is -0.461 e. The number of esters is 2. The molecule has 0 spiro atoms. The number of hydrogen-bond acceptors (Lipinski definition) is 6. The second-order valence-corrected chi connectivity index (χ2v) is 7.68. The number of ether oxygens (including phenoxy) is 2. The van der Waals surface area contributed by atoms with Gasteiger partial charge in [0, 0.05) is 5.56 Å². The fourth-order valence-electron chi connectivity index (χ4n) is 2.68. The summed E-state index contributed by atoms with van der Waals surface area (Å²) in [6, 6.07) is 5.44. The van der Waals surface area contributed by atoms with Crippen molar-refractivity contribution in [2.45, 2.75) is 51.1 Å². The lowest BCUT2D eigenvalue weighted by Gasteiger charge is -2.22. The van der Waals surface area contributed by atoms with Gasteiger partial charge < -0.3 is 9.47 Å². The Labute approximate surface area is 166 Å². The molecule has 2 rings (SSSR count). The average Bonchev–Trinajstić information content (AvgIpc) is 3.40. The van der Waals surface area contributed by atoms with Crippen LogP contribution in [0.3, 0.4) is 0 Å². The molecular weight excluding hydrogens is 389 g/mol. The van der Waals surface area contributed by atoms with E-state index in [-0.39, 0.29) is 25.0 Å². The van der Waals surface area contributed by atoms with E-state index in [0.717, 1.165) is 0 Å². The largest absolute Gasteiger partial charge is 0.461 e. The first-order chi connectivity index (χ1) is 13.4. The molecule has 0 aliphatic carbocycles. The Balaban J connectivity index is 2.12. The number of nitrogens with zero attached hydrogens (tertiary/aromatic N) is 2. The lowest BCUT2D eigenvalue weighted by molar-refractivity contribution is -0.166. The van der Waals surface area contributed by atoms with E-state index in [1.165, 1.54) is 30.3 Å². The molecule has 0 saturated carbocycles. The summed E-state index contributed by atoms with van der Waals surface area (Å²) in [6.07, 6.45) is -3.33. The Morgan fingerprint density at radius 3 is 2.21 bits per heavy atom. The highest BCUT2D eigenvalue weighted by Gasteiger charge is 2.65. The summed E-state index contributed by atoms with van der Waals surface area (Å²) in [7, 11) is 0.